The molecule has 18 rings (SSSR count). The van der Waals surface area contributed by atoms with Crippen molar-refractivity contribution in [1.82, 2.24) is 4.57 Å². The Bertz CT molecular complexity index is 5060. The second-order valence-corrected chi connectivity index (χ2v) is 23.3. The van der Waals surface area contributed by atoms with Crippen molar-refractivity contribution < 1.29 is 0 Å². The molecule has 3 heteroatoms. The van der Waals surface area contributed by atoms with E-state index < -0.39 is 5.41 Å². The monoisotopic (exact) mass is 994 g/mol. The summed E-state index contributed by atoms with van der Waals surface area (Å²) in [5, 5.41) is 13.1. The Hall–Kier alpha value is -9.28. The van der Waals surface area contributed by atoms with E-state index in [1.54, 1.807) is 0 Å². The number of fused-ring (bicyclic) bond motifs is 19. The number of nitrogens with zero attached hydrogens (tertiary/aromatic N) is 2. The van der Waals surface area contributed by atoms with Crippen molar-refractivity contribution >= 4 is 103 Å². The number of anilines is 3. The van der Waals surface area contributed by atoms with E-state index in [1.807, 2.05) is 11.3 Å². The molecule has 358 valence electrons. The fourth-order valence-electron chi connectivity index (χ4n) is 15.1. The molecule has 0 N–H and O–H groups in total. The van der Waals surface area contributed by atoms with E-state index >= 15 is 0 Å². The van der Waals surface area contributed by atoms with Crippen LogP contribution in [0.25, 0.3) is 113 Å². The van der Waals surface area contributed by atoms with Crippen LogP contribution in [0.5, 0.6) is 0 Å². The Morgan fingerprint density at radius 2 is 0.922 bits per heavy atom. The molecule has 2 aromatic heterocycles. The lowest BCUT2D eigenvalue weighted by molar-refractivity contribution is 0.632. The Kier molecular flexibility index (Phi) is 8.05. The molecule has 0 bridgehead atoms. The van der Waals surface area contributed by atoms with Gasteiger partial charge in [-0.3, -0.25) is 0 Å². The first kappa shape index (κ1) is 42.0. The van der Waals surface area contributed by atoms with Gasteiger partial charge in [0, 0.05) is 47.3 Å². The molecule has 0 atom stereocenters. The maximum atomic E-state index is 2.58. The van der Waals surface area contributed by atoms with E-state index in [0.717, 1.165) is 0 Å². The van der Waals surface area contributed by atoms with Gasteiger partial charge >= 0.3 is 0 Å². The lowest BCUT2D eigenvalue weighted by Crippen LogP contribution is -2.31. The number of rotatable bonds is 3. The van der Waals surface area contributed by atoms with Crippen LogP contribution in [0.4, 0.5) is 17.1 Å². The molecule has 1 aliphatic heterocycles. The van der Waals surface area contributed by atoms with E-state index in [1.165, 1.54) is 164 Å². The first-order valence-corrected chi connectivity index (χ1v) is 27.8. The van der Waals surface area contributed by atoms with Crippen LogP contribution in [0, 0.1) is 0 Å². The number of benzene rings is 13. The predicted octanol–water partition coefficient (Wildman–Crippen LogP) is 20.2. The Balaban J connectivity index is 0.828. The topological polar surface area (TPSA) is 8.17 Å². The molecule has 0 amide bonds. The summed E-state index contributed by atoms with van der Waals surface area (Å²) >= 11 is 1.90. The van der Waals surface area contributed by atoms with Gasteiger partial charge in [0.15, 0.2) is 0 Å². The first-order valence-electron chi connectivity index (χ1n) is 27.0. The summed E-state index contributed by atoms with van der Waals surface area (Å²) in [6, 6.07) is 92.4. The van der Waals surface area contributed by atoms with Crippen LogP contribution < -0.4 is 4.90 Å². The number of hydrogen-bond donors (Lipinski definition) is 0. The van der Waals surface area contributed by atoms with Crippen molar-refractivity contribution in [3.05, 3.63) is 276 Å². The molecule has 2 nitrogen and oxygen atoms in total. The van der Waals surface area contributed by atoms with Crippen molar-refractivity contribution in [3.63, 3.8) is 0 Å². The molecule has 3 aliphatic rings. The van der Waals surface area contributed by atoms with Crippen molar-refractivity contribution in [2.75, 3.05) is 4.90 Å². The average Bonchev–Trinajstić information content (AvgIpc) is 4.38. The molecule has 0 saturated carbocycles. The summed E-state index contributed by atoms with van der Waals surface area (Å²) in [6.45, 7) is 4.83. The fraction of sp³-hybridized carbons (Fsp3) is 0.0541. The minimum absolute atomic E-state index is 0.284. The van der Waals surface area contributed by atoms with Gasteiger partial charge in [0.25, 0.3) is 0 Å². The number of aromatic nitrogens is 1. The van der Waals surface area contributed by atoms with Crippen molar-refractivity contribution in [2.45, 2.75) is 24.7 Å². The van der Waals surface area contributed by atoms with Gasteiger partial charge < -0.3 is 9.47 Å². The van der Waals surface area contributed by atoms with Gasteiger partial charge in [0.05, 0.1) is 39.2 Å². The normalized spacial score (nSPS) is 14.5. The standard InChI is InChI=1S/C74H46N2S/c1-73(2)58-27-11-13-30-63(58)76(65-31-16-28-59-72(65)50-21-5-10-26-57(50)74(59)55-24-8-3-18-47(55)48-19-4-9-25-56(48)74)64-38-35-45(40-60(64)73)44-34-37-62-54(39-44)49-20-6-12-29-61(49)75(62)66-41-46-42-68-71(52-22-7-14-32-67(52)77-68)53-36-33-43-17-15-23-51(66)69(43)70(46)53/h3-42H,1-2H3. The SMILES string of the molecule is CC1(C)c2ccccc2N(c2cccc3c2-c2ccccc2C32c3ccccc3-c3ccccc32)c2ccc(-c3ccc4c(c3)c3ccccc3n4-c3cc4cc5sc6ccccc6c5c5ccc6cccc3c6c45)cc21. The third kappa shape index (κ3) is 5.20. The van der Waals surface area contributed by atoms with Crippen molar-refractivity contribution in [3.8, 4) is 39.1 Å². The minimum atomic E-state index is -0.427. The van der Waals surface area contributed by atoms with Crippen LogP contribution in [-0.4, -0.2) is 4.57 Å². The van der Waals surface area contributed by atoms with Crippen molar-refractivity contribution in [2.24, 2.45) is 0 Å². The molecule has 0 unspecified atom stereocenters. The third-order valence-electron chi connectivity index (χ3n) is 18.3. The molecule has 0 saturated heterocycles. The highest BCUT2D eigenvalue weighted by Crippen LogP contribution is 2.65. The quantitative estimate of drug-likeness (QED) is 0.160. The van der Waals surface area contributed by atoms with Crippen molar-refractivity contribution in [1.29, 1.82) is 0 Å². The van der Waals surface area contributed by atoms with E-state index in [-0.39, 0.29) is 5.41 Å². The van der Waals surface area contributed by atoms with Gasteiger partial charge in [-0.2, -0.15) is 0 Å². The van der Waals surface area contributed by atoms with E-state index in [2.05, 4.69) is 266 Å². The Morgan fingerprint density at radius 3 is 1.75 bits per heavy atom. The van der Waals surface area contributed by atoms with E-state index in [0.29, 0.717) is 0 Å². The van der Waals surface area contributed by atoms with Gasteiger partial charge in [-0.25, -0.2) is 0 Å². The Morgan fingerprint density at radius 1 is 0.325 bits per heavy atom. The molecular weight excluding hydrogens is 949 g/mol. The molecule has 0 radical (unpaired) electrons. The van der Waals surface area contributed by atoms with E-state index in [4.69, 9.17) is 0 Å². The second kappa shape index (κ2) is 14.8. The molecular formula is C74H46N2S. The summed E-state index contributed by atoms with van der Waals surface area (Å²) in [6.07, 6.45) is 0. The zero-order valence-corrected chi connectivity index (χ0v) is 43.2. The average molecular weight is 995 g/mol. The first-order chi connectivity index (χ1) is 38.0. The molecule has 15 aromatic rings. The number of hydrogen-bond acceptors (Lipinski definition) is 2. The summed E-state index contributed by atoms with van der Waals surface area (Å²) in [7, 11) is 0. The van der Waals surface area contributed by atoms with Gasteiger partial charge in [0.2, 0.25) is 0 Å². The fourth-order valence-corrected chi connectivity index (χ4v) is 16.3. The highest BCUT2D eigenvalue weighted by atomic mass is 32.1. The zero-order valence-electron chi connectivity index (χ0n) is 42.4. The largest absolute Gasteiger partial charge is 0.309 e. The highest BCUT2D eigenvalue weighted by Gasteiger charge is 2.53. The highest BCUT2D eigenvalue weighted by molar-refractivity contribution is 7.26. The van der Waals surface area contributed by atoms with Crippen LogP contribution in [0.15, 0.2) is 243 Å². The molecule has 13 aromatic carbocycles. The molecule has 0 fully saturated rings. The molecule has 1 spiro atoms. The van der Waals surface area contributed by atoms with E-state index in [9.17, 15) is 0 Å². The summed E-state index contributed by atoms with van der Waals surface area (Å²) in [4.78, 5) is 2.58. The molecule has 2 aliphatic carbocycles. The molecule has 77 heavy (non-hydrogen) atoms. The van der Waals surface area contributed by atoms with Crippen LogP contribution in [-0.2, 0) is 10.8 Å². The van der Waals surface area contributed by atoms with Gasteiger partial charge in [-0.15, -0.1) is 11.3 Å². The lowest BCUT2D eigenvalue weighted by Gasteiger charge is -2.43. The van der Waals surface area contributed by atoms with Gasteiger partial charge in [-0.1, -0.05) is 196 Å². The smallest absolute Gasteiger partial charge is 0.0726 e. The number of thiophene rings is 1. The van der Waals surface area contributed by atoms with Crippen LogP contribution in [0.3, 0.4) is 0 Å². The van der Waals surface area contributed by atoms with Gasteiger partial charge in [0.1, 0.15) is 0 Å². The summed E-state index contributed by atoms with van der Waals surface area (Å²) in [5.41, 5.74) is 22.3. The zero-order chi connectivity index (χ0) is 50.5. The number of para-hydroxylation sites is 2. The van der Waals surface area contributed by atoms with Crippen LogP contribution >= 0.6 is 11.3 Å². The Labute approximate surface area is 449 Å². The van der Waals surface area contributed by atoms with Crippen LogP contribution in [0.2, 0.25) is 0 Å². The maximum Gasteiger partial charge on any atom is 0.0726 e. The summed E-state index contributed by atoms with van der Waals surface area (Å²) in [5.74, 6) is 0. The maximum absolute atomic E-state index is 2.58. The third-order valence-corrected chi connectivity index (χ3v) is 19.4. The predicted molar refractivity (Wildman–Crippen MR) is 326 cm³/mol. The van der Waals surface area contributed by atoms with Gasteiger partial charge in [-0.05, 0) is 149 Å². The summed E-state index contributed by atoms with van der Waals surface area (Å²) < 4.78 is 5.21. The van der Waals surface area contributed by atoms with Crippen LogP contribution in [0.1, 0.15) is 47.2 Å². The second-order valence-electron chi connectivity index (χ2n) is 22.2. The lowest BCUT2D eigenvalue weighted by atomic mass is 9.70. The molecule has 3 heterocycles. The minimum Gasteiger partial charge on any atom is -0.309 e.